The van der Waals surface area contributed by atoms with Crippen LogP contribution in [0.5, 0.6) is 0 Å². The van der Waals surface area contributed by atoms with Crippen molar-refractivity contribution in [2.75, 3.05) is 6.35 Å². The highest BCUT2D eigenvalue weighted by Gasteiger charge is 2.44. The lowest BCUT2D eigenvalue weighted by atomic mass is 10.0. The first-order chi connectivity index (χ1) is 17.3. The molecule has 0 saturated heterocycles. The number of esters is 1. The molecule has 7 nitrogen and oxygen atoms in total. The van der Waals surface area contributed by atoms with Crippen LogP contribution < -0.4 is 0 Å². The van der Waals surface area contributed by atoms with Crippen molar-refractivity contribution in [3.05, 3.63) is 104 Å². The van der Waals surface area contributed by atoms with E-state index in [9.17, 15) is 23.7 Å². The van der Waals surface area contributed by atoms with E-state index >= 15 is 0 Å². The van der Waals surface area contributed by atoms with E-state index in [0.29, 0.717) is 22.3 Å². The van der Waals surface area contributed by atoms with Gasteiger partial charge >= 0.3 is 11.9 Å². The second-order valence-corrected chi connectivity index (χ2v) is 11.9. The largest absolute Gasteiger partial charge is 0.478 e. The molecule has 0 spiro atoms. The summed E-state index contributed by atoms with van der Waals surface area (Å²) < 4.78 is 19.7. The average Bonchev–Trinajstić information content (AvgIpc) is 2.80. The highest BCUT2D eigenvalue weighted by molar-refractivity contribution is 7.95. The number of aromatic carboxylic acids is 1. The van der Waals surface area contributed by atoms with E-state index in [0.717, 1.165) is 11.1 Å². The van der Waals surface area contributed by atoms with E-state index in [1.807, 2.05) is 13.8 Å². The topological polar surface area (TPSA) is 115 Å². The van der Waals surface area contributed by atoms with E-state index in [1.165, 1.54) is 24.3 Å². The second-order valence-electron chi connectivity index (χ2n) is 9.34. The number of aryl methyl sites for hydroxylation is 6. The molecule has 3 aromatic carbocycles. The van der Waals surface area contributed by atoms with Gasteiger partial charge in [-0.25, -0.2) is 9.59 Å². The minimum atomic E-state index is -4.50. The number of carboxylic acid groups (broad SMARTS) is 1. The molecule has 3 rings (SSSR count). The van der Waals surface area contributed by atoms with Crippen molar-refractivity contribution in [2.24, 2.45) is 0 Å². The highest BCUT2D eigenvalue weighted by atomic mass is 31.2. The Kier molecular flexibility index (Phi) is 7.99. The molecule has 37 heavy (non-hydrogen) atoms. The van der Waals surface area contributed by atoms with Gasteiger partial charge in [-0.05, 0) is 88.1 Å². The van der Waals surface area contributed by atoms with Gasteiger partial charge in [0.1, 0.15) is 0 Å². The van der Waals surface area contributed by atoms with E-state index < -0.39 is 36.5 Å². The van der Waals surface area contributed by atoms with Crippen LogP contribution >= 0.6 is 7.14 Å². The van der Waals surface area contributed by atoms with Crippen LogP contribution in [-0.4, -0.2) is 34.4 Å². The van der Waals surface area contributed by atoms with Crippen molar-refractivity contribution in [1.29, 1.82) is 0 Å². The summed E-state index contributed by atoms with van der Waals surface area (Å²) in [6.45, 7) is 10.6. The maximum atomic E-state index is 14.4. The molecule has 0 aliphatic heterocycles. The first-order valence-electron chi connectivity index (χ1n) is 11.6. The number of benzene rings is 3. The summed E-state index contributed by atoms with van der Waals surface area (Å²) >= 11 is 0. The zero-order chi connectivity index (χ0) is 27.7. The Bertz CT molecular complexity index is 1360. The lowest BCUT2D eigenvalue weighted by Gasteiger charge is -2.21. The summed E-state index contributed by atoms with van der Waals surface area (Å²) in [4.78, 5) is 51.5. The molecule has 0 aliphatic carbocycles. The van der Waals surface area contributed by atoms with Crippen LogP contribution in [0.1, 0.15) is 74.8 Å². The maximum absolute atomic E-state index is 14.4. The molecular weight excluding hydrogens is 491 g/mol. The number of carbonyl (C=O) groups excluding carboxylic acids is 3. The van der Waals surface area contributed by atoms with E-state index in [2.05, 4.69) is 0 Å². The zero-order valence-corrected chi connectivity index (χ0v) is 22.6. The first kappa shape index (κ1) is 27.8. The molecule has 192 valence electrons. The number of rotatable bonds is 8. The van der Waals surface area contributed by atoms with Crippen molar-refractivity contribution < 1.29 is 33.6 Å². The van der Waals surface area contributed by atoms with Gasteiger partial charge in [-0.1, -0.05) is 35.4 Å². The van der Waals surface area contributed by atoms with Gasteiger partial charge in [0.25, 0.3) is 7.14 Å². The lowest BCUT2D eigenvalue weighted by molar-refractivity contribution is 0.0567. The smallest absolute Gasteiger partial charge is 0.338 e. The van der Waals surface area contributed by atoms with Crippen molar-refractivity contribution in [3.8, 4) is 0 Å². The molecule has 0 amide bonds. The van der Waals surface area contributed by atoms with Gasteiger partial charge < -0.3 is 14.4 Å². The van der Waals surface area contributed by atoms with Crippen molar-refractivity contribution in [3.63, 3.8) is 0 Å². The molecule has 3 aromatic rings. The molecule has 0 atom stereocenters. The van der Waals surface area contributed by atoms with Gasteiger partial charge in [-0.15, -0.1) is 0 Å². The van der Waals surface area contributed by atoms with Gasteiger partial charge in [0.2, 0.25) is 11.0 Å². The van der Waals surface area contributed by atoms with Crippen molar-refractivity contribution in [2.45, 2.75) is 41.5 Å². The molecule has 1 N–H and O–H groups in total. The third-order valence-corrected chi connectivity index (χ3v) is 8.44. The van der Waals surface area contributed by atoms with Crippen LogP contribution in [-0.2, 0) is 9.30 Å². The van der Waals surface area contributed by atoms with Crippen LogP contribution in [0.4, 0.5) is 0 Å². The second kappa shape index (κ2) is 10.7. The summed E-state index contributed by atoms with van der Waals surface area (Å²) in [6, 6.07) is 12.0. The Morgan fingerprint density at radius 1 is 0.676 bits per heavy atom. The van der Waals surface area contributed by atoms with Crippen LogP contribution in [0.25, 0.3) is 0 Å². The molecule has 0 aliphatic rings. The van der Waals surface area contributed by atoms with E-state index in [1.54, 1.807) is 52.0 Å². The summed E-state index contributed by atoms with van der Waals surface area (Å²) in [6.07, 6.45) is -0.913. The molecule has 0 radical (unpaired) electrons. The minimum absolute atomic E-state index is 0.00171. The minimum Gasteiger partial charge on any atom is -0.478 e. The number of carbonyl (C=O) groups is 4. The Hall–Kier alpha value is -3.83. The van der Waals surface area contributed by atoms with Crippen molar-refractivity contribution in [1.82, 2.24) is 0 Å². The monoisotopic (exact) mass is 520 g/mol. The standard InChI is InChI=1S/C29H29O7P/c1-16-11-18(3)24(19(4)12-16)28(33)37(35,29(34)25-20(5)13-17(2)14-21(25)6)15-36-27(32)23-9-7-22(8-10-23)26(30)31/h7-14H,15H2,1-6H3,(H,30,31). The van der Waals surface area contributed by atoms with Crippen LogP contribution in [0, 0.1) is 41.5 Å². The van der Waals surface area contributed by atoms with E-state index in [4.69, 9.17) is 9.84 Å². The molecule has 0 aromatic heterocycles. The van der Waals surface area contributed by atoms with E-state index in [-0.39, 0.29) is 22.3 Å². The predicted octanol–water partition coefficient (Wildman–Crippen LogP) is 6.39. The normalized spacial score (nSPS) is 11.2. The fourth-order valence-corrected chi connectivity index (χ4v) is 6.73. The summed E-state index contributed by atoms with van der Waals surface area (Å²) in [5, 5.41) is 9.06. The summed E-state index contributed by atoms with van der Waals surface area (Å²) in [7, 11) is -4.50. The van der Waals surface area contributed by atoms with Gasteiger partial charge in [0, 0.05) is 11.1 Å². The van der Waals surface area contributed by atoms with Crippen LogP contribution in [0.3, 0.4) is 0 Å². The Labute approximate surface area is 215 Å². The summed E-state index contributed by atoms with van der Waals surface area (Å²) in [5.74, 6) is -2.08. The number of carboxylic acids is 1. The molecule has 8 heteroatoms. The molecule has 0 unspecified atom stereocenters. The third-order valence-electron chi connectivity index (χ3n) is 6.18. The summed E-state index contributed by atoms with van der Waals surface area (Å²) in [5.41, 5.74) is 2.71. The van der Waals surface area contributed by atoms with Gasteiger partial charge in [0.15, 0.2) is 6.35 Å². The SMILES string of the molecule is Cc1cc(C)c(C(=O)P(=O)(COC(=O)c2ccc(C(=O)O)cc2)C(=O)c2c(C)cc(C)cc2C)c(C)c1. The number of hydrogen-bond acceptors (Lipinski definition) is 6. The lowest BCUT2D eigenvalue weighted by Crippen LogP contribution is -2.20. The first-order valence-corrected chi connectivity index (χ1v) is 13.5. The average molecular weight is 521 g/mol. The Morgan fingerprint density at radius 3 is 1.38 bits per heavy atom. The molecular formula is C29H29O7P. The zero-order valence-electron chi connectivity index (χ0n) is 21.7. The number of hydrogen-bond donors (Lipinski definition) is 1. The van der Waals surface area contributed by atoms with Gasteiger partial charge in [0.05, 0.1) is 11.1 Å². The predicted molar refractivity (Wildman–Crippen MR) is 141 cm³/mol. The van der Waals surface area contributed by atoms with Gasteiger partial charge in [-0.3, -0.25) is 9.59 Å². The number of ether oxygens (including phenoxy) is 1. The maximum Gasteiger partial charge on any atom is 0.338 e. The highest BCUT2D eigenvalue weighted by Crippen LogP contribution is 2.53. The quantitative estimate of drug-likeness (QED) is 0.270. The third kappa shape index (κ3) is 5.62. The Balaban J connectivity index is 2.07. The fraction of sp³-hybridized carbons (Fsp3) is 0.241. The Morgan fingerprint density at radius 2 is 1.03 bits per heavy atom. The molecule has 0 saturated carbocycles. The fourth-order valence-electron chi connectivity index (χ4n) is 4.59. The van der Waals surface area contributed by atoms with Gasteiger partial charge in [-0.2, -0.15) is 0 Å². The molecule has 0 bridgehead atoms. The van der Waals surface area contributed by atoms with Crippen molar-refractivity contribution >= 4 is 30.1 Å². The molecule has 0 fully saturated rings. The van der Waals surface area contributed by atoms with Crippen LogP contribution in [0.2, 0.25) is 0 Å². The molecule has 0 heterocycles. The van der Waals surface area contributed by atoms with Crippen LogP contribution in [0.15, 0.2) is 48.5 Å².